The number of halogens is 5. The predicted molar refractivity (Wildman–Crippen MR) is 569 cm³/mol. The minimum atomic E-state index is -2.30. The number of amides is 5. The first-order chi connectivity index (χ1) is 72.6. The normalized spacial score (nSPS) is 15.8. The van der Waals surface area contributed by atoms with Crippen LogP contribution in [0.3, 0.4) is 0 Å². The number of aromatic amines is 5. The average Bonchev–Trinajstić information content (AvgIpc) is 1.64. The highest BCUT2D eigenvalue weighted by atomic mass is 19.2. The minimum absolute atomic E-state index is 0.0207. The summed E-state index contributed by atoms with van der Waals surface area (Å²) in [7, 11) is 4.01. The Bertz CT molecular complexity index is 8460. The molecule has 0 saturated carbocycles. The zero-order valence-corrected chi connectivity index (χ0v) is 81.5. The summed E-state index contributed by atoms with van der Waals surface area (Å²) in [6.45, 7) is 4.70. The van der Waals surface area contributed by atoms with Crippen molar-refractivity contribution in [2.45, 2.75) is 69.2 Å². The van der Waals surface area contributed by atoms with Gasteiger partial charge >= 0.3 is 0 Å². The molecule has 5 atom stereocenters. The number of hydrogen-bond acceptors (Lipinski definition) is 9. The van der Waals surface area contributed by atoms with Crippen LogP contribution in [0.4, 0.5) is 33.3 Å². The van der Waals surface area contributed by atoms with E-state index in [9.17, 15) is 56.0 Å². The second kappa shape index (κ2) is 41.8. The first-order valence-electron chi connectivity index (χ1n) is 49.5. The quantitative estimate of drug-likeness (QED) is 0.0256. The second-order valence-corrected chi connectivity index (χ2v) is 37.9. The van der Waals surface area contributed by atoms with Crippen molar-refractivity contribution >= 4 is 95.4 Å². The Morgan fingerprint density at radius 3 is 0.772 bits per heavy atom. The number of hydrogen-bond donors (Lipinski definition) is 5. The summed E-state index contributed by atoms with van der Waals surface area (Å²) < 4.78 is 69.9. The fourth-order valence-corrected chi connectivity index (χ4v) is 21.8. The molecule has 20 aromatic rings. The standard InChI is InChI=1S/C26H25N3O.C25H19N3O.C25H22N2O.C24H15F5N2O.C24H19N3O3/c1-28(2)20-14-12-19(13-15-20)26(30)29-17-16-22-21-10-6-7-11-23(21)27-24(22)25(29)18-8-4-3-5-9-18;26-16-17-10-12-19(13-11-17)25(29)28-15-14-21-20-8-4-5-9-22(20)27-23(21)24(28)18-6-2-1-3-7-18;1-17-11-13-19(14-12-17)25(28)27-16-15-21-20-9-5-6-10-22(20)26-23(21)24(27)18-7-3-2-4-8-18;25-17-16(18(26)20(28)21(29)19(17)27)24(32)31-11-10-14-13-8-4-5-9-15(13)30-22(14)23(31)12-6-2-1-3-7-12;28-24(17-10-12-18(13-11-17)27(29)30)26-15-14-20-19-8-4-5-9-21(19)25-22(20)23(26)16-6-2-1-3-7-16/h3-15,25,27H,16-17H2,1-2H3;1-13,24,27H,14-15H2;2-14,24,26H,15-16H2,1H3;1-9,23,30H,10-11H2;1-13,23,25H,14-15H2. The molecule has 5 amide bonds. The highest BCUT2D eigenvalue weighted by molar-refractivity contribution is 6.01. The van der Waals surface area contributed by atoms with E-state index in [0.29, 0.717) is 60.5 Å². The van der Waals surface area contributed by atoms with E-state index in [2.05, 4.69) is 146 Å². The number of aryl methyl sites for hydroxylation is 1. The third-order valence-corrected chi connectivity index (χ3v) is 29.0. The van der Waals surface area contributed by atoms with Crippen molar-refractivity contribution in [3.63, 3.8) is 0 Å². The Labute approximate surface area is 855 Å². The van der Waals surface area contributed by atoms with Gasteiger partial charge in [0.2, 0.25) is 5.82 Å². The maximum Gasteiger partial charge on any atom is 0.269 e. The average molecular weight is 1980 g/mol. The molecule has 738 valence electrons. The number of nitrogens with one attached hydrogen (secondary N) is 5. The molecular formula is C124H100F5N13O7. The first kappa shape index (κ1) is 96.8. The summed E-state index contributed by atoms with van der Waals surface area (Å²) in [6, 6.07) is 119. The number of fused-ring (bicyclic) bond motifs is 15. The number of non-ortho nitro benzene ring substituents is 1. The van der Waals surface area contributed by atoms with E-state index in [-0.39, 0.29) is 60.0 Å². The SMILES string of the molecule is CN(C)c1ccc(C(=O)N2CCc3c([nH]c4ccccc34)C2c2ccccc2)cc1.Cc1ccc(C(=O)N2CCc3c([nH]c4ccccc34)C2c2ccccc2)cc1.N#Cc1ccc(C(=O)N2CCc3c([nH]c4ccccc34)C2c2ccccc2)cc1.O=C(c1c(F)c(F)c(F)c(F)c1F)N1CCc2c([nH]c3ccccc23)C1c1ccccc1.O=C(c1ccc([N+](=O)[O-])cc1)N1CCc2c([nH]c3ccccc23)C1c1ccccc1. The Morgan fingerprint density at radius 2 is 0.523 bits per heavy atom. The lowest BCUT2D eigenvalue weighted by atomic mass is 9.91. The first-order valence-corrected chi connectivity index (χ1v) is 49.5. The maximum absolute atomic E-state index is 14.4. The van der Waals surface area contributed by atoms with E-state index in [1.54, 1.807) is 54.6 Å². The summed E-state index contributed by atoms with van der Waals surface area (Å²) in [6.07, 6.45) is 3.63. The molecule has 0 radical (unpaired) electrons. The second-order valence-electron chi connectivity index (χ2n) is 37.9. The lowest BCUT2D eigenvalue weighted by Crippen LogP contribution is -2.41. The van der Waals surface area contributed by atoms with E-state index >= 15 is 0 Å². The molecule has 5 aliphatic rings. The summed E-state index contributed by atoms with van der Waals surface area (Å²) in [5, 5.41) is 25.9. The maximum atomic E-state index is 14.4. The van der Waals surface area contributed by atoms with Crippen LogP contribution in [-0.4, -0.2) is 131 Å². The number of nitro benzene ring substituents is 1. The van der Waals surface area contributed by atoms with Crippen LogP contribution in [0.1, 0.15) is 177 Å². The molecule has 25 heteroatoms. The van der Waals surface area contributed by atoms with Gasteiger partial charge in [0.15, 0.2) is 23.3 Å². The molecule has 10 heterocycles. The van der Waals surface area contributed by atoms with Crippen LogP contribution in [0.15, 0.2) is 370 Å². The summed E-state index contributed by atoms with van der Waals surface area (Å²) in [5.41, 5.74) is 25.3. The van der Waals surface area contributed by atoms with E-state index in [0.717, 1.165) is 137 Å². The third-order valence-electron chi connectivity index (χ3n) is 29.0. The number of nitrogens with zero attached hydrogens (tertiary/aromatic N) is 8. The lowest BCUT2D eigenvalue weighted by Gasteiger charge is -2.36. The molecule has 20 nitrogen and oxygen atoms in total. The number of anilines is 1. The van der Waals surface area contributed by atoms with Gasteiger partial charge in [-0.3, -0.25) is 34.1 Å². The van der Waals surface area contributed by atoms with E-state index in [4.69, 9.17) is 5.26 Å². The van der Waals surface area contributed by atoms with Crippen molar-refractivity contribution < 1.29 is 50.8 Å². The van der Waals surface area contributed by atoms with Crippen molar-refractivity contribution in [2.24, 2.45) is 0 Å². The minimum Gasteiger partial charge on any atom is -0.378 e. The van der Waals surface area contributed by atoms with Gasteiger partial charge in [-0.05, 0) is 198 Å². The number of carbonyl (C=O) groups excluding carboxylic acids is 5. The fraction of sp³-hybridized carbons (Fsp3) is 0.145. The monoisotopic (exact) mass is 1980 g/mol. The van der Waals surface area contributed by atoms with Crippen LogP contribution in [0.25, 0.3) is 54.5 Å². The third kappa shape index (κ3) is 18.8. The Kier molecular flexibility index (Phi) is 27.2. The van der Waals surface area contributed by atoms with Crippen molar-refractivity contribution in [3.05, 3.63) is 532 Å². The molecular weight excluding hydrogens is 1880 g/mol. The predicted octanol–water partition coefficient (Wildman–Crippen LogP) is 25.6. The van der Waals surface area contributed by atoms with Crippen LogP contribution in [-0.2, 0) is 32.1 Å². The highest BCUT2D eigenvalue weighted by Crippen LogP contribution is 2.47. The Hall–Kier alpha value is -18.3. The molecule has 0 bridgehead atoms. The molecule has 0 fully saturated rings. The summed E-state index contributed by atoms with van der Waals surface area (Å²) in [5.74, 6) is -12.1. The van der Waals surface area contributed by atoms with Gasteiger partial charge in [-0.15, -0.1) is 0 Å². The zero-order chi connectivity index (χ0) is 103. The van der Waals surface area contributed by atoms with Crippen molar-refractivity contribution in [2.75, 3.05) is 51.7 Å². The van der Waals surface area contributed by atoms with Crippen molar-refractivity contribution in [1.82, 2.24) is 49.4 Å². The Balaban J connectivity index is 0.000000109. The number of rotatable bonds is 12. The van der Waals surface area contributed by atoms with Gasteiger partial charge in [0, 0.05) is 170 Å². The van der Waals surface area contributed by atoms with Gasteiger partial charge in [-0.2, -0.15) is 5.26 Å². The van der Waals surface area contributed by atoms with Crippen LogP contribution in [0.2, 0.25) is 0 Å². The van der Waals surface area contributed by atoms with Crippen LogP contribution in [0.5, 0.6) is 0 Å². The number of benzene rings is 15. The number of carbonyl (C=O) groups is 5. The van der Waals surface area contributed by atoms with E-state index < -0.39 is 51.5 Å². The number of aromatic nitrogens is 5. The molecule has 5 N–H and O–H groups in total. The van der Waals surface area contributed by atoms with Crippen molar-refractivity contribution in [1.29, 1.82) is 5.26 Å². The zero-order valence-electron chi connectivity index (χ0n) is 81.5. The van der Waals surface area contributed by atoms with E-state index in [1.165, 1.54) is 68.1 Å². The lowest BCUT2D eigenvalue weighted by molar-refractivity contribution is -0.384. The van der Waals surface area contributed by atoms with Gasteiger partial charge in [-0.25, -0.2) is 22.0 Å². The van der Waals surface area contributed by atoms with E-state index in [1.807, 2.05) is 221 Å². The number of H-pyrrole nitrogens is 5. The molecule has 5 aliphatic heterocycles. The molecule has 0 saturated heterocycles. The van der Waals surface area contributed by atoms with Gasteiger partial charge in [0.05, 0.1) is 46.8 Å². The highest BCUT2D eigenvalue weighted by Gasteiger charge is 2.43. The van der Waals surface area contributed by atoms with Crippen LogP contribution >= 0.6 is 0 Å². The molecule has 149 heavy (non-hydrogen) atoms. The van der Waals surface area contributed by atoms with Gasteiger partial charge in [0.25, 0.3) is 35.2 Å². The van der Waals surface area contributed by atoms with Gasteiger partial charge < -0.3 is 54.3 Å². The van der Waals surface area contributed by atoms with Crippen LogP contribution in [0, 0.1) is 57.5 Å². The molecule has 0 aliphatic carbocycles. The smallest absolute Gasteiger partial charge is 0.269 e. The molecule has 25 rings (SSSR count). The molecule has 5 aromatic heterocycles. The van der Waals surface area contributed by atoms with Gasteiger partial charge in [0.1, 0.15) is 5.56 Å². The topological polar surface area (TPSA) is 251 Å². The molecule has 5 unspecified atom stereocenters. The van der Waals surface area contributed by atoms with Crippen LogP contribution < -0.4 is 4.90 Å². The Morgan fingerprint density at radius 1 is 0.302 bits per heavy atom. The molecule has 0 spiro atoms. The number of para-hydroxylation sites is 5. The van der Waals surface area contributed by atoms with Crippen molar-refractivity contribution in [3.8, 4) is 6.07 Å². The number of nitriles is 1. The molecule has 15 aromatic carbocycles. The van der Waals surface area contributed by atoms with Gasteiger partial charge in [-0.1, -0.05) is 260 Å². The number of nitro groups is 1. The summed E-state index contributed by atoms with van der Waals surface area (Å²) >= 11 is 0. The largest absolute Gasteiger partial charge is 0.378 e. The fourth-order valence-electron chi connectivity index (χ4n) is 21.8. The summed E-state index contributed by atoms with van der Waals surface area (Å²) in [4.78, 5) is 106.